The second-order valence-corrected chi connectivity index (χ2v) is 4.62. The Kier molecular flexibility index (Phi) is 7.13. The summed E-state index contributed by atoms with van der Waals surface area (Å²) in [5.74, 6) is 0.701. The summed E-state index contributed by atoms with van der Waals surface area (Å²) in [5.41, 5.74) is 1.56. The van der Waals surface area contributed by atoms with Crippen LogP contribution in [0.15, 0.2) is 37.5 Å². The van der Waals surface area contributed by atoms with E-state index in [1.54, 1.807) is 6.08 Å². The molecular weight excluding hydrogens is 208 g/mol. The molecule has 0 bridgehead atoms. The summed E-state index contributed by atoms with van der Waals surface area (Å²) < 4.78 is 0. The van der Waals surface area contributed by atoms with Crippen molar-refractivity contribution in [1.29, 1.82) is 0 Å². The normalized spacial score (nSPS) is 32.7. The van der Waals surface area contributed by atoms with Crippen LogP contribution in [0.4, 0.5) is 0 Å². The molecule has 2 rings (SSSR count). The smallest absolute Gasteiger partial charge is 0.0543 e. The highest BCUT2D eigenvalue weighted by atomic mass is 16.3. The van der Waals surface area contributed by atoms with Crippen molar-refractivity contribution in [2.45, 2.75) is 52.6 Å². The van der Waals surface area contributed by atoms with E-state index in [0.717, 1.165) is 19.3 Å². The molecular formula is C16H28O. The molecule has 98 valence electrons. The molecule has 2 saturated carbocycles. The number of aliphatic hydroxyl groups excluding tert-OH is 1. The number of hydrogen-bond donors (Lipinski definition) is 1. The number of fused-ring (bicyclic) bond motifs is 1. The van der Waals surface area contributed by atoms with Gasteiger partial charge < -0.3 is 5.11 Å². The van der Waals surface area contributed by atoms with Crippen LogP contribution in [0, 0.1) is 11.3 Å². The monoisotopic (exact) mass is 236 g/mol. The van der Waals surface area contributed by atoms with Gasteiger partial charge in [-0.15, -0.1) is 6.58 Å². The van der Waals surface area contributed by atoms with Gasteiger partial charge in [-0.05, 0) is 49.5 Å². The Bertz CT molecular complexity index is 267. The third-order valence-corrected chi connectivity index (χ3v) is 3.60. The second-order valence-electron chi connectivity index (χ2n) is 4.62. The van der Waals surface area contributed by atoms with Gasteiger partial charge in [0.25, 0.3) is 0 Å². The molecule has 0 aromatic heterocycles. The molecule has 0 amide bonds. The Hall–Kier alpha value is -0.820. The summed E-state index contributed by atoms with van der Waals surface area (Å²) in [5, 5.41) is 9.42. The van der Waals surface area contributed by atoms with Gasteiger partial charge in [-0.3, -0.25) is 0 Å². The van der Waals surface area contributed by atoms with Crippen molar-refractivity contribution in [2.24, 2.45) is 11.3 Å². The maximum Gasteiger partial charge on any atom is 0.0543 e. The molecule has 2 fully saturated rings. The van der Waals surface area contributed by atoms with Crippen molar-refractivity contribution < 1.29 is 5.11 Å². The molecule has 0 aromatic carbocycles. The van der Waals surface area contributed by atoms with Crippen molar-refractivity contribution in [3.05, 3.63) is 37.5 Å². The molecule has 2 aliphatic rings. The lowest BCUT2D eigenvalue weighted by Crippen LogP contribution is -2.20. The molecule has 0 radical (unpaired) electrons. The lowest BCUT2D eigenvalue weighted by Gasteiger charge is -2.25. The predicted molar refractivity (Wildman–Crippen MR) is 77.0 cm³/mol. The first-order chi connectivity index (χ1) is 8.10. The summed E-state index contributed by atoms with van der Waals surface area (Å²) in [7, 11) is 0. The first-order valence-electron chi connectivity index (χ1n) is 6.67. The zero-order valence-corrected chi connectivity index (χ0v) is 11.7. The Balaban J connectivity index is 0.000000450. The molecule has 1 nitrogen and oxygen atoms in total. The fourth-order valence-electron chi connectivity index (χ4n) is 2.62. The van der Waals surface area contributed by atoms with Crippen molar-refractivity contribution in [1.82, 2.24) is 0 Å². The van der Waals surface area contributed by atoms with E-state index in [0.29, 0.717) is 11.3 Å². The van der Waals surface area contributed by atoms with Gasteiger partial charge in [-0.25, -0.2) is 0 Å². The summed E-state index contributed by atoms with van der Waals surface area (Å²) in [4.78, 5) is 0. The summed E-state index contributed by atoms with van der Waals surface area (Å²) in [6.07, 6.45) is 7.86. The molecule has 1 N–H and O–H groups in total. The van der Waals surface area contributed by atoms with Gasteiger partial charge in [-0.2, -0.15) is 0 Å². The molecule has 0 aromatic rings. The van der Waals surface area contributed by atoms with Crippen LogP contribution in [0.25, 0.3) is 0 Å². The van der Waals surface area contributed by atoms with Crippen molar-refractivity contribution in [2.75, 3.05) is 0 Å². The zero-order chi connectivity index (χ0) is 13.5. The molecule has 0 saturated heterocycles. The largest absolute Gasteiger partial charge is 0.393 e. The van der Waals surface area contributed by atoms with Gasteiger partial charge in [0.05, 0.1) is 6.10 Å². The lowest BCUT2D eigenvalue weighted by molar-refractivity contribution is 0.113. The van der Waals surface area contributed by atoms with E-state index in [9.17, 15) is 5.11 Å². The highest BCUT2D eigenvalue weighted by molar-refractivity contribution is 5.31. The van der Waals surface area contributed by atoms with Gasteiger partial charge in [0.1, 0.15) is 0 Å². The Labute approximate surface area is 107 Å². The molecule has 1 heteroatoms. The van der Waals surface area contributed by atoms with Gasteiger partial charge in [0, 0.05) is 0 Å². The standard InChI is InChI=1S/C11H16O.C3H6.C2H6/c1-3-8(2)11-5-4-10(12)6-9(11)7-11;1-3-2;1-2/h3,9-10,12H,1-2,4-7H2;3H,1H2,2H3;1-2H3. The number of rotatable bonds is 2. The van der Waals surface area contributed by atoms with E-state index in [1.165, 1.54) is 12.0 Å². The Morgan fingerprint density at radius 3 is 2.29 bits per heavy atom. The molecule has 3 atom stereocenters. The average molecular weight is 236 g/mol. The third-order valence-electron chi connectivity index (χ3n) is 3.60. The minimum Gasteiger partial charge on any atom is -0.393 e. The molecule has 0 aliphatic heterocycles. The highest BCUT2D eigenvalue weighted by Gasteiger charge is 2.57. The van der Waals surface area contributed by atoms with Crippen LogP contribution in [0.1, 0.15) is 46.5 Å². The van der Waals surface area contributed by atoms with E-state index in [2.05, 4.69) is 19.7 Å². The lowest BCUT2D eigenvalue weighted by atomic mass is 9.82. The van der Waals surface area contributed by atoms with Crippen LogP contribution >= 0.6 is 0 Å². The first kappa shape index (κ1) is 16.2. The first-order valence-corrected chi connectivity index (χ1v) is 6.67. The minimum atomic E-state index is -0.0526. The van der Waals surface area contributed by atoms with Crippen LogP contribution < -0.4 is 0 Å². The van der Waals surface area contributed by atoms with Crippen LogP contribution in [-0.4, -0.2) is 11.2 Å². The summed E-state index contributed by atoms with van der Waals surface area (Å²) >= 11 is 0. The summed E-state index contributed by atoms with van der Waals surface area (Å²) in [6, 6.07) is 0. The fourth-order valence-corrected chi connectivity index (χ4v) is 2.62. The van der Waals surface area contributed by atoms with E-state index in [-0.39, 0.29) is 6.10 Å². The fraction of sp³-hybridized carbons (Fsp3) is 0.625. The van der Waals surface area contributed by atoms with E-state index in [4.69, 9.17) is 0 Å². The maximum absolute atomic E-state index is 9.42. The third kappa shape index (κ3) is 3.85. The van der Waals surface area contributed by atoms with Gasteiger partial charge in [0.2, 0.25) is 0 Å². The molecule has 0 spiro atoms. The Morgan fingerprint density at radius 2 is 1.88 bits per heavy atom. The van der Waals surface area contributed by atoms with Crippen molar-refractivity contribution in [3.8, 4) is 0 Å². The van der Waals surface area contributed by atoms with E-state index in [1.807, 2.05) is 26.8 Å². The molecule has 2 aliphatic carbocycles. The Morgan fingerprint density at radius 1 is 1.35 bits per heavy atom. The van der Waals surface area contributed by atoms with Gasteiger partial charge in [0.15, 0.2) is 0 Å². The van der Waals surface area contributed by atoms with Crippen LogP contribution in [0.2, 0.25) is 0 Å². The SMILES string of the molecule is C=CC.C=CC(=C)C12CCC(O)CC1C2.CC. The molecule has 17 heavy (non-hydrogen) atoms. The number of allylic oxidation sites excluding steroid dienone is 3. The van der Waals surface area contributed by atoms with Crippen molar-refractivity contribution >= 4 is 0 Å². The van der Waals surface area contributed by atoms with Crippen LogP contribution in [0.5, 0.6) is 0 Å². The number of aliphatic hydroxyl groups is 1. The van der Waals surface area contributed by atoms with Gasteiger partial charge >= 0.3 is 0 Å². The summed E-state index contributed by atoms with van der Waals surface area (Å²) in [6.45, 7) is 17.1. The maximum atomic E-state index is 9.42. The average Bonchev–Trinajstić information content (AvgIpc) is 3.06. The van der Waals surface area contributed by atoms with Crippen molar-refractivity contribution in [3.63, 3.8) is 0 Å². The quantitative estimate of drug-likeness (QED) is 0.553. The van der Waals surface area contributed by atoms with Crippen LogP contribution in [0.3, 0.4) is 0 Å². The van der Waals surface area contributed by atoms with Crippen LogP contribution in [-0.2, 0) is 0 Å². The van der Waals surface area contributed by atoms with E-state index < -0.39 is 0 Å². The van der Waals surface area contributed by atoms with E-state index >= 15 is 0 Å². The zero-order valence-electron chi connectivity index (χ0n) is 11.7. The minimum absolute atomic E-state index is 0.0526. The highest BCUT2D eigenvalue weighted by Crippen LogP contribution is 2.65. The predicted octanol–water partition coefficient (Wildman–Crippen LogP) is 4.50. The topological polar surface area (TPSA) is 20.2 Å². The molecule has 3 unspecified atom stereocenters. The van der Waals surface area contributed by atoms with Gasteiger partial charge in [-0.1, -0.05) is 39.2 Å². The second kappa shape index (κ2) is 7.50. The number of hydrogen-bond acceptors (Lipinski definition) is 1. The molecule has 0 heterocycles.